The molecule has 0 aliphatic carbocycles. The molecule has 12 heteroatoms. The SMILES string of the molecule is COC(=O)c1cccc(-n2nc(C(C)(C)C)cc2NC(=O)Nc2ccc(Oc3ccnc(C(N)=O)c3)cc2Cl)c1. The van der Waals surface area contributed by atoms with Crippen molar-refractivity contribution in [3.8, 4) is 17.2 Å². The van der Waals surface area contributed by atoms with Crippen molar-refractivity contribution < 1.29 is 23.9 Å². The van der Waals surface area contributed by atoms with Crippen molar-refractivity contribution >= 4 is 41.0 Å². The molecule has 4 rings (SSSR count). The Morgan fingerprint density at radius 3 is 2.40 bits per heavy atom. The molecule has 3 amide bonds. The molecular weight excluding hydrogens is 536 g/mol. The molecule has 0 aliphatic heterocycles. The molecule has 206 valence electrons. The van der Waals surface area contributed by atoms with Gasteiger partial charge in [-0.25, -0.2) is 14.3 Å². The molecular formula is C28H27ClN6O5. The molecule has 0 bridgehead atoms. The lowest BCUT2D eigenvalue weighted by Crippen LogP contribution is -2.21. The van der Waals surface area contributed by atoms with Gasteiger partial charge in [0.05, 0.1) is 34.8 Å². The normalized spacial score (nSPS) is 11.0. The number of nitrogens with two attached hydrogens (primary N) is 1. The summed E-state index contributed by atoms with van der Waals surface area (Å²) in [4.78, 5) is 40.3. The molecule has 2 aromatic carbocycles. The number of halogens is 1. The number of hydrogen-bond acceptors (Lipinski definition) is 7. The third-order valence-corrected chi connectivity index (χ3v) is 5.95. The van der Waals surface area contributed by atoms with Gasteiger partial charge in [0.2, 0.25) is 0 Å². The molecule has 40 heavy (non-hydrogen) atoms. The minimum Gasteiger partial charge on any atom is -0.465 e. The van der Waals surface area contributed by atoms with E-state index in [-0.39, 0.29) is 16.1 Å². The first-order valence-electron chi connectivity index (χ1n) is 12.0. The number of anilines is 2. The number of rotatable bonds is 7. The van der Waals surface area contributed by atoms with Crippen LogP contribution in [0.1, 0.15) is 47.3 Å². The van der Waals surface area contributed by atoms with Gasteiger partial charge in [0.15, 0.2) is 0 Å². The minimum absolute atomic E-state index is 0.0597. The molecule has 4 aromatic rings. The standard InChI is InChI=1S/C28H27ClN6O5/c1-28(2,3)23-15-24(35(34-23)17-7-5-6-16(12-17)26(37)39-4)33-27(38)32-21-9-8-18(13-20(21)29)40-19-10-11-31-22(14-19)25(30)36/h5-15H,1-4H3,(H2,30,36)(H2,32,33,38). The lowest BCUT2D eigenvalue weighted by atomic mass is 9.92. The highest BCUT2D eigenvalue weighted by Gasteiger charge is 2.22. The zero-order chi connectivity index (χ0) is 29.0. The zero-order valence-corrected chi connectivity index (χ0v) is 22.9. The number of benzene rings is 2. The van der Waals surface area contributed by atoms with Crippen molar-refractivity contribution in [3.63, 3.8) is 0 Å². The number of nitrogens with one attached hydrogen (secondary N) is 2. The van der Waals surface area contributed by atoms with E-state index < -0.39 is 17.9 Å². The van der Waals surface area contributed by atoms with Crippen molar-refractivity contribution in [1.82, 2.24) is 14.8 Å². The minimum atomic E-state index is -0.679. The van der Waals surface area contributed by atoms with E-state index in [0.717, 1.165) is 5.69 Å². The first-order chi connectivity index (χ1) is 18.9. The van der Waals surface area contributed by atoms with Crippen LogP contribution in [0.5, 0.6) is 11.5 Å². The van der Waals surface area contributed by atoms with Crippen LogP contribution in [0.2, 0.25) is 5.02 Å². The summed E-state index contributed by atoms with van der Waals surface area (Å²) in [7, 11) is 1.31. The van der Waals surface area contributed by atoms with Crippen LogP contribution in [0, 0.1) is 0 Å². The number of aromatic nitrogens is 3. The lowest BCUT2D eigenvalue weighted by molar-refractivity contribution is 0.0600. The third-order valence-electron chi connectivity index (χ3n) is 5.64. The van der Waals surface area contributed by atoms with Gasteiger partial charge >= 0.3 is 12.0 Å². The molecule has 0 saturated heterocycles. The third kappa shape index (κ3) is 6.56. The summed E-state index contributed by atoms with van der Waals surface area (Å²) in [5, 5.41) is 10.4. The monoisotopic (exact) mass is 562 g/mol. The first-order valence-corrected chi connectivity index (χ1v) is 12.4. The molecule has 0 saturated carbocycles. The van der Waals surface area contributed by atoms with Gasteiger partial charge in [-0.05, 0) is 36.4 Å². The Labute approximate surface area is 235 Å². The quantitative estimate of drug-likeness (QED) is 0.250. The second-order valence-corrected chi connectivity index (χ2v) is 10.1. The van der Waals surface area contributed by atoms with Crippen LogP contribution in [0.25, 0.3) is 5.69 Å². The van der Waals surface area contributed by atoms with Crippen LogP contribution in [0.15, 0.2) is 66.9 Å². The second-order valence-electron chi connectivity index (χ2n) is 9.68. The van der Waals surface area contributed by atoms with Gasteiger partial charge < -0.3 is 20.5 Å². The molecule has 0 unspecified atom stereocenters. The maximum Gasteiger partial charge on any atom is 0.337 e. The number of urea groups is 1. The zero-order valence-electron chi connectivity index (χ0n) is 22.2. The summed E-state index contributed by atoms with van der Waals surface area (Å²) >= 11 is 6.41. The number of esters is 1. The van der Waals surface area contributed by atoms with E-state index >= 15 is 0 Å². The summed E-state index contributed by atoms with van der Waals surface area (Å²) in [6, 6.07) is 15.6. The average Bonchev–Trinajstić information content (AvgIpc) is 3.34. The Morgan fingerprint density at radius 1 is 0.975 bits per heavy atom. The van der Waals surface area contributed by atoms with E-state index in [1.54, 1.807) is 53.2 Å². The van der Waals surface area contributed by atoms with E-state index in [1.165, 1.54) is 25.4 Å². The molecule has 2 aromatic heterocycles. The number of methoxy groups -OCH3 is 1. The summed E-state index contributed by atoms with van der Waals surface area (Å²) in [6.45, 7) is 6.00. The predicted octanol–water partition coefficient (Wildman–Crippen LogP) is 5.54. The van der Waals surface area contributed by atoms with Gasteiger partial charge in [-0.2, -0.15) is 5.10 Å². The van der Waals surface area contributed by atoms with E-state index in [2.05, 4.69) is 20.7 Å². The van der Waals surface area contributed by atoms with E-state index in [0.29, 0.717) is 34.3 Å². The van der Waals surface area contributed by atoms with Crippen LogP contribution in [-0.2, 0) is 10.2 Å². The molecule has 0 spiro atoms. The van der Waals surface area contributed by atoms with Crippen molar-refractivity contribution in [3.05, 3.63) is 88.8 Å². The number of amides is 3. The predicted molar refractivity (Wildman–Crippen MR) is 151 cm³/mol. The van der Waals surface area contributed by atoms with E-state index in [9.17, 15) is 14.4 Å². The maximum atomic E-state index is 13.0. The van der Waals surface area contributed by atoms with E-state index in [1.807, 2.05) is 20.8 Å². The fourth-order valence-electron chi connectivity index (χ4n) is 3.59. The summed E-state index contributed by atoms with van der Waals surface area (Å²) < 4.78 is 12.1. The van der Waals surface area contributed by atoms with Crippen molar-refractivity contribution in [1.29, 1.82) is 0 Å². The Bertz CT molecular complexity index is 1590. The van der Waals surface area contributed by atoms with Crippen molar-refractivity contribution in [2.24, 2.45) is 5.73 Å². The number of pyridine rings is 1. The smallest absolute Gasteiger partial charge is 0.337 e. The topological polar surface area (TPSA) is 150 Å². The maximum absolute atomic E-state index is 13.0. The fraction of sp³-hybridized carbons (Fsp3) is 0.179. The summed E-state index contributed by atoms with van der Waals surface area (Å²) in [5.74, 6) is -0.0743. The van der Waals surface area contributed by atoms with Crippen LogP contribution in [0.4, 0.5) is 16.3 Å². The van der Waals surface area contributed by atoms with Crippen molar-refractivity contribution in [2.45, 2.75) is 26.2 Å². The fourth-order valence-corrected chi connectivity index (χ4v) is 3.81. The van der Waals surface area contributed by atoms with Gasteiger partial charge in [-0.1, -0.05) is 38.4 Å². The molecule has 0 atom stereocenters. The number of ether oxygens (including phenoxy) is 2. The highest BCUT2D eigenvalue weighted by Crippen LogP contribution is 2.31. The van der Waals surface area contributed by atoms with Gasteiger partial charge in [0.25, 0.3) is 5.91 Å². The van der Waals surface area contributed by atoms with Crippen LogP contribution in [-0.4, -0.2) is 39.8 Å². The Kier molecular flexibility index (Phi) is 8.05. The molecule has 4 N–H and O–H groups in total. The number of primary amides is 1. The molecule has 0 fully saturated rings. The van der Waals surface area contributed by atoms with Crippen LogP contribution >= 0.6 is 11.6 Å². The van der Waals surface area contributed by atoms with Gasteiger partial charge in [-0.3, -0.25) is 15.1 Å². The van der Waals surface area contributed by atoms with Gasteiger partial charge in [0.1, 0.15) is 23.0 Å². The molecule has 11 nitrogen and oxygen atoms in total. The number of hydrogen-bond donors (Lipinski definition) is 3. The number of carbonyl (C=O) groups excluding carboxylic acids is 3. The van der Waals surface area contributed by atoms with Gasteiger partial charge in [0, 0.05) is 29.8 Å². The van der Waals surface area contributed by atoms with Gasteiger partial charge in [-0.15, -0.1) is 0 Å². The average molecular weight is 563 g/mol. The van der Waals surface area contributed by atoms with Crippen LogP contribution < -0.4 is 21.1 Å². The van der Waals surface area contributed by atoms with E-state index in [4.69, 9.17) is 26.8 Å². The summed E-state index contributed by atoms with van der Waals surface area (Å²) in [6.07, 6.45) is 1.40. The molecule has 0 aliphatic rings. The Hall–Kier alpha value is -4.90. The molecule has 2 heterocycles. The van der Waals surface area contributed by atoms with Crippen molar-refractivity contribution in [2.75, 3.05) is 17.7 Å². The highest BCUT2D eigenvalue weighted by atomic mass is 35.5. The largest absolute Gasteiger partial charge is 0.465 e. The summed E-state index contributed by atoms with van der Waals surface area (Å²) in [5.41, 5.74) is 6.96. The lowest BCUT2D eigenvalue weighted by Gasteiger charge is -2.14. The first kappa shape index (κ1) is 28.1. The number of nitrogens with zero attached hydrogens (tertiary/aromatic N) is 3. The number of carbonyl (C=O) groups is 3. The Morgan fingerprint density at radius 2 is 1.73 bits per heavy atom. The van der Waals surface area contributed by atoms with Crippen LogP contribution in [0.3, 0.4) is 0 Å². The molecule has 0 radical (unpaired) electrons. The highest BCUT2D eigenvalue weighted by molar-refractivity contribution is 6.34. The Balaban J connectivity index is 1.54. The second kappa shape index (κ2) is 11.5.